The first-order chi connectivity index (χ1) is 17.4. The minimum absolute atomic E-state index is 0.0851. The Labute approximate surface area is 215 Å². The number of carbonyl (C=O) groups excluding carboxylic acids is 1. The van der Waals surface area contributed by atoms with Crippen LogP contribution in [-0.4, -0.2) is 44.8 Å². The Morgan fingerprint density at radius 1 is 1.11 bits per heavy atom. The largest absolute Gasteiger partial charge is 0.388 e. The lowest BCUT2D eigenvalue weighted by Gasteiger charge is -2.36. The molecular weight excluding hydrogens is 476 g/mol. The van der Waals surface area contributed by atoms with Gasteiger partial charge in [-0.1, -0.05) is 42.6 Å². The van der Waals surface area contributed by atoms with Gasteiger partial charge in [-0.15, -0.1) is 0 Å². The predicted octanol–water partition coefficient (Wildman–Crippen LogP) is 5.28. The van der Waals surface area contributed by atoms with Crippen molar-refractivity contribution < 1.29 is 9.63 Å². The van der Waals surface area contributed by atoms with Gasteiger partial charge in [0.1, 0.15) is 11.4 Å². The number of piperidine rings is 1. The number of hydrogen-bond donors (Lipinski definition) is 0. The molecule has 3 heterocycles. The zero-order valence-corrected chi connectivity index (χ0v) is 21.6. The highest BCUT2D eigenvalue weighted by atomic mass is 35.5. The number of benzene rings is 2. The van der Waals surface area contributed by atoms with Crippen molar-refractivity contribution in [3.05, 3.63) is 69.2 Å². The van der Waals surface area contributed by atoms with E-state index < -0.39 is 0 Å². The molecule has 5 rings (SSSR count). The molecule has 0 N–H and O–H groups in total. The Hall–Kier alpha value is -3.19. The van der Waals surface area contributed by atoms with E-state index in [-0.39, 0.29) is 17.1 Å². The lowest BCUT2D eigenvalue weighted by molar-refractivity contribution is -0.134. The summed E-state index contributed by atoms with van der Waals surface area (Å²) < 4.78 is 1.71. The van der Waals surface area contributed by atoms with Crippen LogP contribution in [0.3, 0.4) is 0 Å². The van der Waals surface area contributed by atoms with Crippen LogP contribution in [0.4, 0.5) is 0 Å². The van der Waals surface area contributed by atoms with Crippen LogP contribution in [0.1, 0.15) is 63.8 Å². The van der Waals surface area contributed by atoms with Gasteiger partial charge < -0.3 is 9.74 Å². The first-order valence-corrected chi connectivity index (χ1v) is 13.1. The molecule has 1 spiro atoms. The van der Waals surface area contributed by atoms with Crippen LogP contribution in [0.5, 0.6) is 0 Å². The third kappa shape index (κ3) is 4.76. The topological polar surface area (TPSA) is 76.8 Å². The number of amides is 1. The maximum absolute atomic E-state index is 13.6. The number of oxime groups is 1. The summed E-state index contributed by atoms with van der Waals surface area (Å²) in [6.07, 6.45) is 6.06. The zero-order valence-electron chi connectivity index (χ0n) is 20.8. The number of hydrogen-bond acceptors (Lipinski definition) is 5. The highest BCUT2D eigenvalue weighted by molar-refractivity contribution is 6.30. The molecule has 8 heteroatoms. The first kappa shape index (κ1) is 24.5. The summed E-state index contributed by atoms with van der Waals surface area (Å²) in [6.45, 7) is 5.13. The Balaban J connectivity index is 1.47. The van der Waals surface area contributed by atoms with Crippen molar-refractivity contribution in [2.75, 3.05) is 13.1 Å². The second-order valence-corrected chi connectivity index (χ2v) is 10.3. The van der Waals surface area contributed by atoms with E-state index >= 15 is 0 Å². The van der Waals surface area contributed by atoms with Gasteiger partial charge in [0, 0.05) is 56.3 Å². The van der Waals surface area contributed by atoms with Gasteiger partial charge in [-0.3, -0.25) is 14.2 Å². The monoisotopic (exact) mass is 506 g/mol. The standard InChI is InChI=1S/C28H31ClN4O3/c1-3-4-5-6-26-30-24-17-20(25-18-28(36-31-25)13-15-32(16-14-28)19(2)34)7-12-23(24)27(35)33(26)22-10-8-21(29)9-11-22/h7-12,17H,3-6,13-16,18H2,1-2H3. The van der Waals surface area contributed by atoms with Crippen LogP contribution in [0.2, 0.25) is 5.02 Å². The number of likely N-dealkylation sites (tertiary alicyclic amines) is 1. The number of nitrogens with zero attached hydrogens (tertiary/aromatic N) is 4. The number of aryl methyl sites for hydroxylation is 1. The molecule has 1 fully saturated rings. The van der Waals surface area contributed by atoms with Crippen molar-refractivity contribution >= 4 is 34.1 Å². The van der Waals surface area contributed by atoms with Crippen LogP contribution in [0.15, 0.2) is 52.4 Å². The van der Waals surface area contributed by atoms with Crippen molar-refractivity contribution in [1.29, 1.82) is 0 Å². The molecule has 0 aliphatic carbocycles. The third-order valence-electron chi connectivity index (χ3n) is 7.32. The smallest absolute Gasteiger partial charge is 0.265 e. The fraction of sp³-hybridized carbons (Fsp3) is 0.429. The Kier molecular flexibility index (Phi) is 6.84. The van der Waals surface area contributed by atoms with E-state index in [1.54, 1.807) is 23.6 Å². The average molecular weight is 507 g/mol. The van der Waals surface area contributed by atoms with Gasteiger partial charge >= 0.3 is 0 Å². The molecule has 0 saturated carbocycles. The Bertz CT molecular complexity index is 1370. The summed E-state index contributed by atoms with van der Waals surface area (Å²) in [5, 5.41) is 5.62. The summed E-state index contributed by atoms with van der Waals surface area (Å²) in [4.78, 5) is 38.1. The molecule has 1 saturated heterocycles. The highest BCUT2D eigenvalue weighted by Crippen LogP contribution is 2.36. The van der Waals surface area contributed by atoms with Gasteiger partial charge in [-0.25, -0.2) is 4.98 Å². The number of rotatable bonds is 6. The second-order valence-electron chi connectivity index (χ2n) is 9.83. The van der Waals surface area contributed by atoms with Crippen molar-refractivity contribution in [2.45, 2.75) is 64.4 Å². The molecule has 7 nitrogen and oxygen atoms in total. The summed E-state index contributed by atoms with van der Waals surface area (Å²) in [7, 11) is 0. The SMILES string of the molecule is CCCCCc1nc2cc(C3=NOC4(CCN(C(C)=O)CC4)C3)ccc2c(=O)n1-c1ccc(Cl)cc1. The van der Waals surface area contributed by atoms with Crippen LogP contribution in [-0.2, 0) is 16.1 Å². The van der Waals surface area contributed by atoms with Gasteiger partial charge in [-0.05, 0) is 42.8 Å². The van der Waals surface area contributed by atoms with Crippen molar-refractivity contribution in [3.8, 4) is 5.69 Å². The van der Waals surface area contributed by atoms with E-state index in [0.717, 1.165) is 54.9 Å². The molecule has 1 aromatic heterocycles. The molecule has 0 unspecified atom stereocenters. The summed E-state index contributed by atoms with van der Waals surface area (Å²) >= 11 is 6.09. The van der Waals surface area contributed by atoms with E-state index in [4.69, 9.17) is 21.4 Å². The fourth-order valence-electron chi connectivity index (χ4n) is 5.14. The summed E-state index contributed by atoms with van der Waals surface area (Å²) in [5.41, 5.74) is 2.78. The quantitative estimate of drug-likeness (QED) is 0.426. The maximum atomic E-state index is 13.6. The van der Waals surface area contributed by atoms with Crippen LogP contribution in [0.25, 0.3) is 16.6 Å². The van der Waals surface area contributed by atoms with Crippen LogP contribution < -0.4 is 5.56 Å². The third-order valence-corrected chi connectivity index (χ3v) is 7.57. The number of carbonyl (C=O) groups is 1. The normalized spacial score (nSPS) is 16.9. The Morgan fingerprint density at radius 3 is 2.56 bits per heavy atom. The summed E-state index contributed by atoms with van der Waals surface area (Å²) in [5.74, 6) is 0.849. The highest BCUT2D eigenvalue weighted by Gasteiger charge is 2.42. The fourth-order valence-corrected chi connectivity index (χ4v) is 5.27. The van der Waals surface area contributed by atoms with E-state index in [2.05, 4.69) is 12.1 Å². The van der Waals surface area contributed by atoms with E-state index in [0.29, 0.717) is 41.9 Å². The van der Waals surface area contributed by atoms with E-state index in [9.17, 15) is 9.59 Å². The van der Waals surface area contributed by atoms with Gasteiger partial charge in [0.05, 0.1) is 22.3 Å². The molecule has 36 heavy (non-hydrogen) atoms. The van der Waals surface area contributed by atoms with E-state index in [1.807, 2.05) is 35.2 Å². The minimum atomic E-state index is -0.354. The molecule has 0 radical (unpaired) electrons. The Morgan fingerprint density at radius 2 is 1.86 bits per heavy atom. The molecular formula is C28H31ClN4O3. The van der Waals surface area contributed by atoms with Gasteiger partial charge in [0.2, 0.25) is 5.91 Å². The number of halogens is 1. The van der Waals surface area contributed by atoms with Crippen molar-refractivity contribution in [2.24, 2.45) is 5.16 Å². The lowest BCUT2D eigenvalue weighted by atomic mass is 9.85. The van der Waals surface area contributed by atoms with Crippen LogP contribution >= 0.6 is 11.6 Å². The number of unbranched alkanes of at least 4 members (excludes halogenated alkanes) is 2. The molecule has 188 valence electrons. The predicted molar refractivity (Wildman–Crippen MR) is 142 cm³/mol. The van der Waals surface area contributed by atoms with Gasteiger partial charge in [0.15, 0.2) is 0 Å². The second kappa shape index (κ2) is 10.1. The van der Waals surface area contributed by atoms with Crippen molar-refractivity contribution in [3.63, 3.8) is 0 Å². The number of aromatic nitrogens is 2. The zero-order chi connectivity index (χ0) is 25.3. The lowest BCUT2D eigenvalue weighted by Crippen LogP contribution is -2.46. The van der Waals surface area contributed by atoms with Crippen LogP contribution in [0, 0.1) is 0 Å². The molecule has 2 aromatic carbocycles. The maximum Gasteiger partial charge on any atom is 0.265 e. The molecule has 1 amide bonds. The summed E-state index contributed by atoms with van der Waals surface area (Å²) in [6, 6.07) is 13.0. The minimum Gasteiger partial charge on any atom is -0.388 e. The van der Waals surface area contributed by atoms with Gasteiger partial charge in [-0.2, -0.15) is 0 Å². The molecule has 2 aliphatic heterocycles. The average Bonchev–Trinajstić information content (AvgIpc) is 3.28. The molecule has 0 bridgehead atoms. The van der Waals surface area contributed by atoms with Crippen molar-refractivity contribution in [1.82, 2.24) is 14.5 Å². The van der Waals surface area contributed by atoms with Gasteiger partial charge in [0.25, 0.3) is 5.56 Å². The number of fused-ring (bicyclic) bond motifs is 1. The molecule has 0 atom stereocenters. The van der Waals surface area contributed by atoms with E-state index in [1.165, 1.54) is 0 Å². The molecule has 2 aliphatic rings. The first-order valence-electron chi connectivity index (χ1n) is 12.7. The molecule has 3 aromatic rings.